The van der Waals surface area contributed by atoms with Gasteiger partial charge < -0.3 is 0 Å². The van der Waals surface area contributed by atoms with Crippen LogP contribution in [0.3, 0.4) is 0 Å². The van der Waals surface area contributed by atoms with E-state index in [4.69, 9.17) is 0 Å². The van der Waals surface area contributed by atoms with Crippen molar-refractivity contribution >= 4 is 17.1 Å². The third-order valence-electron chi connectivity index (χ3n) is 1.13. The van der Waals surface area contributed by atoms with Crippen LogP contribution in [0.25, 0.3) is 0 Å². The summed E-state index contributed by atoms with van der Waals surface area (Å²) in [4.78, 5) is 14.3. The highest BCUT2D eigenvalue weighted by Crippen LogP contribution is 2.19. The van der Waals surface area contributed by atoms with Gasteiger partial charge in [0.25, 0.3) is 0 Å². The lowest BCUT2D eigenvalue weighted by atomic mass is 10.2. The first-order valence-electron chi connectivity index (χ1n) is 2.97. The van der Waals surface area contributed by atoms with Gasteiger partial charge in [0.05, 0.1) is 11.9 Å². The number of ketones is 1. The lowest BCUT2D eigenvalue weighted by Crippen LogP contribution is -2.24. The Balaban J connectivity index is 2.60. The molecule has 66 valence electrons. The molecule has 1 heterocycles. The summed E-state index contributed by atoms with van der Waals surface area (Å²) in [6.07, 6.45) is -4.08. The maximum Gasteiger partial charge on any atom is 0.450 e. The molecule has 6 heteroatoms. The lowest BCUT2D eigenvalue weighted by Gasteiger charge is -2.01. The zero-order valence-electron chi connectivity index (χ0n) is 5.76. The van der Waals surface area contributed by atoms with E-state index in [-0.39, 0.29) is 0 Å². The minimum atomic E-state index is -4.73. The fraction of sp³-hybridized carbons (Fsp3) is 0.333. The zero-order valence-corrected chi connectivity index (χ0v) is 6.58. The molecule has 0 atom stereocenters. The maximum absolute atomic E-state index is 11.7. The minimum absolute atomic E-state index is 0.331. The second-order valence-corrected chi connectivity index (χ2v) is 3.04. The average Bonchev–Trinajstić information content (AvgIpc) is 2.37. The third-order valence-corrected chi connectivity index (χ3v) is 1.91. The molecule has 0 saturated carbocycles. The second-order valence-electron chi connectivity index (χ2n) is 2.07. The van der Waals surface area contributed by atoms with Gasteiger partial charge in [0.1, 0.15) is 0 Å². The standard InChI is InChI=1S/C6H4F3NOS/c7-6(8,9)5(11)1-4-2-10-3-12-4/h2-3H,1H2. The van der Waals surface area contributed by atoms with Crippen LogP contribution in [0.5, 0.6) is 0 Å². The molecular formula is C6H4F3NOS. The van der Waals surface area contributed by atoms with E-state index < -0.39 is 18.4 Å². The van der Waals surface area contributed by atoms with Crippen molar-refractivity contribution < 1.29 is 18.0 Å². The van der Waals surface area contributed by atoms with Gasteiger partial charge in [-0.15, -0.1) is 11.3 Å². The van der Waals surface area contributed by atoms with Gasteiger partial charge in [-0.1, -0.05) is 0 Å². The monoisotopic (exact) mass is 195 g/mol. The first-order valence-corrected chi connectivity index (χ1v) is 3.85. The van der Waals surface area contributed by atoms with Gasteiger partial charge in [-0.3, -0.25) is 9.78 Å². The number of alkyl halides is 3. The molecule has 2 nitrogen and oxygen atoms in total. The summed E-state index contributed by atoms with van der Waals surface area (Å²) >= 11 is 1.04. The van der Waals surface area contributed by atoms with Crippen LogP contribution in [0.4, 0.5) is 13.2 Å². The Labute approximate surface area is 70.0 Å². The molecule has 0 radical (unpaired) electrons. The Kier molecular flexibility index (Phi) is 2.46. The first-order chi connectivity index (χ1) is 5.50. The summed E-state index contributed by atoms with van der Waals surface area (Å²) in [6.45, 7) is 0. The van der Waals surface area contributed by atoms with Crippen molar-refractivity contribution in [1.29, 1.82) is 0 Å². The van der Waals surface area contributed by atoms with E-state index >= 15 is 0 Å². The van der Waals surface area contributed by atoms with Crippen LogP contribution in [0.2, 0.25) is 0 Å². The molecule has 1 aromatic rings. The van der Waals surface area contributed by atoms with Crippen molar-refractivity contribution in [2.45, 2.75) is 12.6 Å². The quantitative estimate of drug-likeness (QED) is 0.720. The molecule has 0 aliphatic carbocycles. The van der Waals surface area contributed by atoms with E-state index in [1.54, 1.807) is 0 Å². The van der Waals surface area contributed by atoms with Crippen molar-refractivity contribution in [3.8, 4) is 0 Å². The predicted octanol–water partition coefficient (Wildman–Crippen LogP) is 1.82. The fourth-order valence-electron chi connectivity index (χ4n) is 0.588. The topological polar surface area (TPSA) is 30.0 Å². The fourth-order valence-corrected chi connectivity index (χ4v) is 1.18. The molecule has 0 aliphatic rings. The van der Waals surface area contributed by atoms with Gasteiger partial charge in [-0.25, -0.2) is 0 Å². The van der Waals surface area contributed by atoms with Gasteiger partial charge in [-0.05, 0) is 0 Å². The number of halogens is 3. The van der Waals surface area contributed by atoms with Gasteiger partial charge in [0.2, 0.25) is 5.78 Å². The van der Waals surface area contributed by atoms with Crippen LogP contribution in [0, 0.1) is 0 Å². The molecule has 0 aromatic carbocycles. The third kappa shape index (κ3) is 2.30. The number of nitrogens with zero attached hydrogens (tertiary/aromatic N) is 1. The van der Waals surface area contributed by atoms with Crippen molar-refractivity contribution in [2.24, 2.45) is 0 Å². The van der Waals surface area contributed by atoms with Crippen molar-refractivity contribution in [3.63, 3.8) is 0 Å². The number of carbonyl (C=O) groups excluding carboxylic acids is 1. The summed E-state index contributed by atoms with van der Waals surface area (Å²) in [5, 5.41) is 0. The van der Waals surface area contributed by atoms with E-state index in [0.29, 0.717) is 4.88 Å². The summed E-state index contributed by atoms with van der Waals surface area (Å²) in [5.74, 6) is -1.73. The normalized spacial score (nSPS) is 11.6. The van der Waals surface area contributed by atoms with Crippen LogP contribution in [-0.4, -0.2) is 16.9 Å². The Morgan fingerprint density at radius 2 is 2.25 bits per heavy atom. The van der Waals surface area contributed by atoms with Crippen LogP contribution < -0.4 is 0 Å². The molecular weight excluding hydrogens is 191 g/mol. The molecule has 0 aliphatic heterocycles. The molecule has 0 bridgehead atoms. The SMILES string of the molecule is O=C(Cc1cncs1)C(F)(F)F. The summed E-state index contributed by atoms with van der Waals surface area (Å²) < 4.78 is 35.0. The van der Waals surface area contributed by atoms with Crippen LogP contribution in [0.15, 0.2) is 11.7 Å². The van der Waals surface area contributed by atoms with Crippen molar-refractivity contribution in [1.82, 2.24) is 4.98 Å². The van der Waals surface area contributed by atoms with E-state index in [2.05, 4.69) is 4.98 Å². The van der Waals surface area contributed by atoms with E-state index in [1.807, 2.05) is 0 Å². The second kappa shape index (κ2) is 3.22. The zero-order chi connectivity index (χ0) is 9.19. The Morgan fingerprint density at radius 3 is 2.67 bits per heavy atom. The highest BCUT2D eigenvalue weighted by atomic mass is 32.1. The van der Waals surface area contributed by atoms with Gasteiger partial charge in [0.15, 0.2) is 0 Å². The molecule has 0 fully saturated rings. The minimum Gasteiger partial charge on any atom is -0.289 e. The van der Waals surface area contributed by atoms with Crippen LogP contribution >= 0.6 is 11.3 Å². The number of aromatic nitrogens is 1. The van der Waals surface area contributed by atoms with Gasteiger partial charge in [-0.2, -0.15) is 13.2 Å². The number of hydrogen-bond acceptors (Lipinski definition) is 3. The molecule has 0 amide bonds. The van der Waals surface area contributed by atoms with Crippen molar-refractivity contribution in [3.05, 3.63) is 16.6 Å². The number of carbonyl (C=O) groups is 1. The molecule has 12 heavy (non-hydrogen) atoms. The molecule has 0 spiro atoms. The van der Waals surface area contributed by atoms with Crippen molar-refractivity contribution in [2.75, 3.05) is 0 Å². The Morgan fingerprint density at radius 1 is 1.58 bits per heavy atom. The predicted molar refractivity (Wildman–Crippen MR) is 36.9 cm³/mol. The molecule has 1 rings (SSSR count). The summed E-state index contributed by atoms with van der Waals surface area (Å²) in [6, 6.07) is 0. The number of Topliss-reactive ketones (excluding diaryl/α,β-unsaturated/α-hetero) is 1. The molecule has 0 N–H and O–H groups in total. The van der Waals surface area contributed by atoms with E-state index in [1.165, 1.54) is 11.7 Å². The molecule has 0 saturated heterocycles. The van der Waals surface area contributed by atoms with E-state index in [0.717, 1.165) is 11.3 Å². The lowest BCUT2D eigenvalue weighted by molar-refractivity contribution is -0.170. The first kappa shape index (κ1) is 9.18. The number of thiazole rings is 1. The smallest absolute Gasteiger partial charge is 0.289 e. The number of rotatable bonds is 2. The number of hydrogen-bond donors (Lipinski definition) is 0. The largest absolute Gasteiger partial charge is 0.450 e. The summed E-state index contributed by atoms with van der Waals surface area (Å²) in [5.41, 5.74) is 1.39. The Hall–Kier alpha value is -0.910. The molecule has 1 aromatic heterocycles. The molecule has 0 unspecified atom stereocenters. The Bertz CT molecular complexity index is 267. The van der Waals surface area contributed by atoms with Gasteiger partial charge in [0, 0.05) is 11.1 Å². The van der Waals surface area contributed by atoms with Crippen LogP contribution in [-0.2, 0) is 11.2 Å². The highest BCUT2D eigenvalue weighted by Gasteiger charge is 2.37. The van der Waals surface area contributed by atoms with Crippen LogP contribution in [0.1, 0.15) is 4.88 Å². The highest BCUT2D eigenvalue weighted by molar-refractivity contribution is 7.09. The van der Waals surface area contributed by atoms with Gasteiger partial charge >= 0.3 is 6.18 Å². The maximum atomic E-state index is 11.7. The van der Waals surface area contributed by atoms with E-state index in [9.17, 15) is 18.0 Å². The average molecular weight is 195 g/mol. The summed E-state index contributed by atoms with van der Waals surface area (Å²) in [7, 11) is 0.